The smallest absolute Gasteiger partial charge is 0.293 e. The predicted octanol–water partition coefficient (Wildman–Crippen LogP) is 4.21. The molecule has 0 aliphatic rings. The number of pyridine rings is 1. The fourth-order valence-corrected chi connectivity index (χ4v) is 4.59. The lowest BCUT2D eigenvalue weighted by atomic mass is 10.0. The summed E-state index contributed by atoms with van der Waals surface area (Å²) in [6.45, 7) is 0. The Balaban J connectivity index is 1.78. The fourth-order valence-electron chi connectivity index (χ4n) is 4.07. The summed E-state index contributed by atoms with van der Waals surface area (Å²) in [7, 11) is -2.32. The summed E-state index contributed by atoms with van der Waals surface area (Å²) in [5.74, 6) is 0. The summed E-state index contributed by atoms with van der Waals surface area (Å²) in [6.07, 6.45) is -3.06. The number of nitrogens with zero attached hydrogens (tertiary/aromatic N) is 3. The van der Waals surface area contributed by atoms with Gasteiger partial charge in [0.05, 0.1) is 38.9 Å². The van der Waals surface area contributed by atoms with Crippen molar-refractivity contribution in [2.75, 3.05) is 0 Å². The summed E-state index contributed by atoms with van der Waals surface area (Å²) in [5.41, 5.74) is 1.45. The van der Waals surface area contributed by atoms with Crippen LogP contribution in [-0.2, 0) is 23.2 Å². The Bertz CT molecular complexity index is 1790. The van der Waals surface area contributed by atoms with Crippen LogP contribution in [0.5, 0.6) is 0 Å². The van der Waals surface area contributed by atoms with Gasteiger partial charge in [-0.25, -0.2) is 18.4 Å². The maximum Gasteiger partial charge on any atom is 0.416 e. The number of halogens is 3. The van der Waals surface area contributed by atoms with Crippen LogP contribution < -0.4 is 10.8 Å². The van der Waals surface area contributed by atoms with Crippen molar-refractivity contribution in [1.29, 1.82) is 0 Å². The summed E-state index contributed by atoms with van der Waals surface area (Å²) in [6, 6.07) is 15.8. The first kappa shape index (κ1) is 22.8. The molecule has 0 saturated heterocycles. The lowest BCUT2D eigenvalue weighted by Gasteiger charge is -2.11. The van der Waals surface area contributed by atoms with Gasteiger partial charge in [0, 0.05) is 12.4 Å². The molecule has 11 heteroatoms. The molecule has 0 atom stereocenters. The summed E-state index contributed by atoms with van der Waals surface area (Å²) in [5, 5.41) is 5.71. The van der Waals surface area contributed by atoms with Crippen LogP contribution in [0.3, 0.4) is 0 Å². The fraction of sp³-hybridized carbons (Fsp3) is 0.0833. The SMILES string of the molecule is Cn1c(=O)n(-c2cccc(C(F)(F)F)c2)c2c3cc(-c4ccc(S(N)(=O)=O)cc4)ccc3ncc21. The Hall–Kier alpha value is -3.96. The average Bonchev–Trinajstić information content (AvgIpc) is 3.08. The number of imidazole rings is 1. The molecule has 7 nitrogen and oxygen atoms in total. The van der Waals surface area contributed by atoms with Crippen molar-refractivity contribution in [1.82, 2.24) is 14.1 Å². The predicted molar refractivity (Wildman–Crippen MR) is 126 cm³/mol. The molecule has 178 valence electrons. The second-order valence-electron chi connectivity index (χ2n) is 8.02. The Kier molecular flexibility index (Phi) is 5.08. The van der Waals surface area contributed by atoms with Gasteiger partial charge >= 0.3 is 11.9 Å². The van der Waals surface area contributed by atoms with Crippen molar-refractivity contribution in [2.45, 2.75) is 11.1 Å². The standard InChI is InChI=1S/C24H17F3N4O3S/c1-30-21-13-29-20-10-7-15(14-5-8-18(9-6-14)35(28,33)34)11-19(20)22(21)31(23(30)32)17-4-2-3-16(12-17)24(25,26)27/h2-13H,1H3,(H2,28,33,34). The van der Waals surface area contributed by atoms with Crippen molar-refractivity contribution in [2.24, 2.45) is 12.2 Å². The minimum atomic E-state index is -4.57. The van der Waals surface area contributed by atoms with Gasteiger partial charge in [-0.1, -0.05) is 24.3 Å². The highest BCUT2D eigenvalue weighted by Gasteiger charge is 2.31. The lowest BCUT2D eigenvalue weighted by molar-refractivity contribution is -0.137. The summed E-state index contributed by atoms with van der Waals surface area (Å²) < 4.78 is 65.7. The Morgan fingerprint density at radius 3 is 2.29 bits per heavy atom. The molecule has 2 aromatic heterocycles. The second-order valence-corrected chi connectivity index (χ2v) is 9.58. The number of rotatable bonds is 3. The van der Waals surface area contributed by atoms with Crippen LogP contribution in [-0.4, -0.2) is 22.5 Å². The number of fused-ring (bicyclic) bond motifs is 3. The van der Waals surface area contributed by atoms with Crippen LogP contribution >= 0.6 is 0 Å². The largest absolute Gasteiger partial charge is 0.416 e. The Labute approximate surface area is 196 Å². The molecule has 0 fully saturated rings. The molecule has 0 spiro atoms. The van der Waals surface area contributed by atoms with Crippen LogP contribution in [0.15, 0.2) is 82.6 Å². The van der Waals surface area contributed by atoms with E-state index in [0.29, 0.717) is 33.1 Å². The number of aryl methyl sites for hydroxylation is 1. The van der Waals surface area contributed by atoms with Gasteiger partial charge in [-0.2, -0.15) is 13.2 Å². The van der Waals surface area contributed by atoms with Crippen molar-refractivity contribution in [3.63, 3.8) is 0 Å². The van der Waals surface area contributed by atoms with E-state index in [4.69, 9.17) is 5.14 Å². The van der Waals surface area contributed by atoms with Crippen LogP contribution in [0.1, 0.15) is 5.56 Å². The van der Waals surface area contributed by atoms with E-state index in [-0.39, 0.29) is 10.6 Å². The number of alkyl halides is 3. The van der Waals surface area contributed by atoms with E-state index in [9.17, 15) is 26.4 Å². The maximum absolute atomic E-state index is 13.4. The first-order valence-corrected chi connectivity index (χ1v) is 11.8. The monoisotopic (exact) mass is 498 g/mol. The molecule has 3 aromatic carbocycles. The zero-order chi connectivity index (χ0) is 25.1. The van der Waals surface area contributed by atoms with E-state index in [2.05, 4.69) is 4.98 Å². The number of benzene rings is 3. The number of hydrogen-bond donors (Lipinski definition) is 1. The molecule has 35 heavy (non-hydrogen) atoms. The molecule has 5 aromatic rings. The average molecular weight is 498 g/mol. The zero-order valence-electron chi connectivity index (χ0n) is 18.1. The van der Waals surface area contributed by atoms with E-state index < -0.39 is 27.5 Å². The molecule has 0 aliphatic heterocycles. The molecule has 0 aliphatic carbocycles. The van der Waals surface area contributed by atoms with Gasteiger partial charge in [0.25, 0.3) is 0 Å². The molecule has 0 bridgehead atoms. The number of nitrogens with two attached hydrogens (primary N) is 1. The van der Waals surface area contributed by atoms with Crippen molar-refractivity contribution in [3.05, 3.63) is 89.0 Å². The van der Waals surface area contributed by atoms with Gasteiger partial charge < -0.3 is 0 Å². The quantitative estimate of drug-likeness (QED) is 0.403. The molecule has 0 amide bonds. The minimum absolute atomic E-state index is 0.0347. The first-order valence-electron chi connectivity index (χ1n) is 10.3. The van der Waals surface area contributed by atoms with Crippen molar-refractivity contribution >= 4 is 32.0 Å². The van der Waals surface area contributed by atoms with Gasteiger partial charge in [0.1, 0.15) is 0 Å². The highest BCUT2D eigenvalue weighted by molar-refractivity contribution is 7.89. The Morgan fingerprint density at radius 1 is 0.943 bits per heavy atom. The Morgan fingerprint density at radius 2 is 1.63 bits per heavy atom. The van der Waals surface area contributed by atoms with Gasteiger partial charge in [-0.15, -0.1) is 0 Å². The maximum atomic E-state index is 13.4. The number of hydrogen-bond acceptors (Lipinski definition) is 4. The van der Waals surface area contributed by atoms with Gasteiger partial charge in [-0.3, -0.25) is 14.1 Å². The number of primary sulfonamides is 1. The topological polar surface area (TPSA) is 100.0 Å². The molecule has 0 unspecified atom stereocenters. The summed E-state index contributed by atoms with van der Waals surface area (Å²) >= 11 is 0. The molecule has 2 heterocycles. The van der Waals surface area contributed by atoms with E-state index in [1.165, 1.54) is 46.6 Å². The van der Waals surface area contributed by atoms with Crippen LogP contribution in [0, 0.1) is 0 Å². The molecular weight excluding hydrogens is 481 g/mol. The highest BCUT2D eigenvalue weighted by Crippen LogP contribution is 2.33. The van der Waals surface area contributed by atoms with E-state index in [1.54, 1.807) is 30.3 Å². The van der Waals surface area contributed by atoms with E-state index in [1.807, 2.05) is 0 Å². The third kappa shape index (κ3) is 3.88. The normalized spacial score (nSPS) is 12.5. The van der Waals surface area contributed by atoms with Crippen LogP contribution in [0.2, 0.25) is 0 Å². The summed E-state index contributed by atoms with van der Waals surface area (Å²) in [4.78, 5) is 17.5. The number of aromatic nitrogens is 3. The van der Waals surface area contributed by atoms with Gasteiger partial charge in [0.2, 0.25) is 10.0 Å². The number of sulfonamides is 1. The van der Waals surface area contributed by atoms with Crippen molar-refractivity contribution < 1.29 is 21.6 Å². The van der Waals surface area contributed by atoms with Gasteiger partial charge in [0.15, 0.2) is 0 Å². The molecule has 5 rings (SSSR count). The van der Waals surface area contributed by atoms with Gasteiger partial charge in [-0.05, 0) is 53.6 Å². The zero-order valence-corrected chi connectivity index (χ0v) is 18.9. The van der Waals surface area contributed by atoms with E-state index >= 15 is 0 Å². The molecular formula is C24H17F3N4O3S. The molecule has 0 radical (unpaired) electrons. The molecule has 2 N–H and O–H groups in total. The second kappa shape index (κ2) is 7.79. The first-order chi connectivity index (χ1) is 16.4. The molecule has 0 saturated carbocycles. The van der Waals surface area contributed by atoms with Crippen molar-refractivity contribution in [3.8, 4) is 16.8 Å². The minimum Gasteiger partial charge on any atom is -0.293 e. The third-order valence-electron chi connectivity index (χ3n) is 5.83. The third-order valence-corrected chi connectivity index (χ3v) is 6.76. The van der Waals surface area contributed by atoms with E-state index in [0.717, 1.165) is 12.1 Å². The lowest BCUT2D eigenvalue weighted by Crippen LogP contribution is -2.21. The van der Waals surface area contributed by atoms with Crippen LogP contribution in [0.25, 0.3) is 38.8 Å². The highest BCUT2D eigenvalue weighted by atomic mass is 32.2. The van der Waals surface area contributed by atoms with Crippen LogP contribution in [0.4, 0.5) is 13.2 Å².